The molecular weight excluding hydrogens is 342 g/mol. The lowest BCUT2D eigenvalue weighted by atomic mass is 10.2. The fourth-order valence-electron chi connectivity index (χ4n) is 2.91. The molecule has 132 valence electrons. The molecule has 1 aliphatic heterocycles. The van der Waals surface area contributed by atoms with E-state index < -0.39 is 0 Å². The van der Waals surface area contributed by atoms with Gasteiger partial charge in [-0.15, -0.1) is 0 Å². The Balaban J connectivity index is 1.58. The van der Waals surface area contributed by atoms with E-state index in [9.17, 15) is 4.79 Å². The van der Waals surface area contributed by atoms with Crippen molar-refractivity contribution >= 4 is 29.3 Å². The minimum atomic E-state index is -0.304. The first-order valence-electron chi connectivity index (χ1n) is 8.09. The van der Waals surface area contributed by atoms with Gasteiger partial charge in [-0.05, 0) is 37.1 Å². The van der Waals surface area contributed by atoms with Crippen LogP contribution in [0.25, 0.3) is 0 Å². The van der Waals surface area contributed by atoms with Crippen molar-refractivity contribution < 1.29 is 9.53 Å². The number of carbonyl (C=O) groups is 1. The van der Waals surface area contributed by atoms with Crippen LogP contribution in [0.2, 0.25) is 5.02 Å². The molecule has 2 amide bonds. The number of nitrogens with zero attached hydrogens (tertiary/aromatic N) is 3. The quantitative estimate of drug-likeness (QED) is 0.856. The predicted octanol–water partition coefficient (Wildman–Crippen LogP) is 2.93. The number of rotatable bonds is 5. The van der Waals surface area contributed by atoms with Gasteiger partial charge in [-0.25, -0.2) is 14.8 Å². The lowest BCUT2D eigenvalue weighted by molar-refractivity contribution is 0.251. The highest BCUT2D eigenvalue weighted by atomic mass is 35.5. The summed E-state index contributed by atoms with van der Waals surface area (Å²) >= 11 is 5.98. The van der Waals surface area contributed by atoms with E-state index in [1.54, 1.807) is 43.8 Å². The highest BCUT2D eigenvalue weighted by Crippen LogP contribution is 2.27. The third-order valence-corrected chi connectivity index (χ3v) is 4.33. The Morgan fingerprint density at radius 2 is 2.20 bits per heavy atom. The second kappa shape index (κ2) is 8.02. The number of benzene rings is 1. The van der Waals surface area contributed by atoms with Crippen molar-refractivity contribution in [3.8, 4) is 5.75 Å². The topological polar surface area (TPSA) is 79.4 Å². The van der Waals surface area contributed by atoms with Gasteiger partial charge >= 0.3 is 6.03 Å². The molecule has 2 N–H and O–H groups in total. The molecule has 1 saturated heterocycles. The van der Waals surface area contributed by atoms with Gasteiger partial charge in [0.2, 0.25) is 5.95 Å². The van der Waals surface area contributed by atoms with Crippen molar-refractivity contribution in [1.29, 1.82) is 0 Å². The van der Waals surface area contributed by atoms with Crippen molar-refractivity contribution in [1.82, 2.24) is 15.3 Å². The van der Waals surface area contributed by atoms with Crippen molar-refractivity contribution in [2.75, 3.05) is 30.4 Å². The zero-order chi connectivity index (χ0) is 17.6. The van der Waals surface area contributed by atoms with Crippen LogP contribution in [0, 0.1) is 0 Å². The number of ether oxygens (including phenoxy) is 1. The lowest BCUT2D eigenvalue weighted by Crippen LogP contribution is -2.42. The number of carbonyl (C=O) groups excluding carboxylic acids is 1. The van der Waals surface area contributed by atoms with Crippen molar-refractivity contribution in [3.63, 3.8) is 0 Å². The molecule has 8 heteroatoms. The summed E-state index contributed by atoms with van der Waals surface area (Å²) in [5.74, 6) is 1.25. The first-order chi connectivity index (χ1) is 12.2. The molecule has 1 aliphatic rings. The fourth-order valence-corrected chi connectivity index (χ4v) is 3.08. The summed E-state index contributed by atoms with van der Waals surface area (Å²) in [4.78, 5) is 22.9. The molecule has 2 aromatic rings. The Kier molecular flexibility index (Phi) is 5.55. The zero-order valence-corrected chi connectivity index (χ0v) is 14.7. The number of hydrogen-bond acceptors (Lipinski definition) is 5. The standard InChI is InChI=1S/C17H20ClN5O2/c1-25-15-6-5-12(18)10-14(15)22-17(24)21-11-13-4-2-9-23(13)16-19-7-3-8-20-16/h3,5-8,10,13H,2,4,9,11H2,1H3,(H2,21,22,24). The van der Waals surface area contributed by atoms with E-state index in [1.165, 1.54) is 0 Å². The maximum Gasteiger partial charge on any atom is 0.319 e. The maximum absolute atomic E-state index is 12.2. The second-order valence-corrected chi connectivity index (χ2v) is 6.15. The van der Waals surface area contributed by atoms with Crippen LogP contribution in [0.1, 0.15) is 12.8 Å². The van der Waals surface area contributed by atoms with Crippen LogP contribution < -0.4 is 20.3 Å². The fraction of sp³-hybridized carbons (Fsp3) is 0.353. The number of hydrogen-bond donors (Lipinski definition) is 2. The molecule has 0 aliphatic carbocycles. The van der Waals surface area contributed by atoms with Crippen LogP contribution in [-0.4, -0.2) is 42.2 Å². The molecule has 0 radical (unpaired) electrons. The van der Waals surface area contributed by atoms with Crippen LogP contribution >= 0.6 is 11.6 Å². The number of urea groups is 1. The molecular formula is C17H20ClN5O2. The molecule has 3 rings (SSSR count). The van der Waals surface area contributed by atoms with Crippen LogP contribution in [0.3, 0.4) is 0 Å². The first-order valence-corrected chi connectivity index (χ1v) is 8.47. The summed E-state index contributed by atoms with van der Waals surface area (Å²) in [7, 11) is 1.54. The van der Waals surface area contributed by atoms with Gasteiger partial charge in [-0.3, -0.25) is 0 Å². The van der Waals surface area contributed by atoms with Crippen LogP contribution in [-0.2, 0) is 0 Å². The van der Waals surface area contributed by atoms with Crippen molar-refractivity contribution in [2.45, 2.75) is 18.9 Å². The van der Waals surface area contributed by atoms with E-state index in [-0.39, 0.29) is 12.1 Å². The predicted molar refractivity (Wildman–Crippen MR) is 97.4 cm³/mol. The lowest BCUT2D eigenvalue weighted by Gasteiger charge is -2.24. The summed E-state index contributed by atoms with van der Waals surface area (Å²) in [6.07, 6.45) is 5.49. The molecule has 1 aromatic heterocycles. The van der Waals surface area contributed by atoms with E-state index >= 15 is 0 Å². The van der Waals surface area contributed by atoms with E-state index in [1.807, 2.05) is 0 Å². The van der Waals surface area contributed by atoms with E-state index in [4.69, 9.17) is 16.3 Å². The Morgan fingerprint density at radius 3 is 2.96 bits per heavy atom. The third kappa shape index (κ3) is 4.30. The summed E-state index contributed by atoms with van der Waals surface area (Å²) in [5.41, 5.74) is 0.530. The third-order valence-electron chi connectivity index (χ3n) is 4.09. The van der Waals surface area contributed by atoms with Crippen molar-refractivity contribution in [3.05, 3.63) is 41.7 Å². The molecule has 1 unspecified atom stereocenters. The molecule has 1 fully saturated rings. The molecule has 1 aromatic carbocycles. The Bertz CT molecular complexity index is 728. The van der Waals surface area contributed by atoms with E-state index in [0.29, 0.717) is 29.0 Å². The number of methoxy groups -OCH3 is 1. The van der Waals surface area contributed by atoms with Gasteiger partial charge in [-0.2, -0.15) is 0 Å². The smallest absolute Gasteiger partial charge is 0.319 e. The average Bonchev–Trinajstić information content (AvgIpc) is 3.09. The summed E-state index contributed by atoms with van der Waals surface area (Å²) in [6, 6.07) is 6.73. The molecule has 0 saturated carbocycles. The minimum Gasteiger partial charge on any atom is -0.495 e. The number of aromatic nitrogens is 2. The van der Waals surface area contributed by atoms with Gasteiger partial charge in [0, 0.05) is 36.5 Å². The highest BCUT2D eigenvalue weighted by molar-refractivity contribution is 6.31. The number of amides is 2. The Hall–Kier alpha value is -2.54. The van der Waals surface area contributed by atoms with Crippen LogP contribution in [0.4, 0.5) is 16.4 Å². The van der Waals surface area contributed by atoms with Gasteiger partial charge in [0.1, 0.15) is 5.75 Å². The Labute approximate surface area is 151 Å². The zero-order valence-electron chi connectivity index (χ0n) is 13.9. The van der Waals surface area contributed by atoms with Gasteiger partial charge in [0.15, 0.2) is 0 Å². The first kappa shape index (κ1) is 17.3. The Morgan fingerprint density at radius 1 is 1.40 bits per heavy atom. The largest absolute Gasteiger partial charge is 0.495 e. The summed E-state index contributed by atoms with van der Waals surface area (Å²) in [5, 5.41) is 6.20. The average molecular weight is 362 g/mol. The molecule has 0 bridgehead atoms. The SMILES string of the molecule is COc1ccc(Cl)cc1NC(=O)NCC1CCCN1c1ncccn1. The van der Waals surface area contributed by atoms with Gasteiger partial charge < -0.3 is 20.3 Å². The van der Waals surface area contributed by atoms with Gasteiger partial charge in [-0.1, -0.05) is 11.6 Å². The second-order valence-electron chi connectivity index (χ2n) is 5.72. The molecule has 7 nitrogen and oxygen atoms in total. The summed E-state index contributed by atoms with van der Waals surface area (Å²) in [6.45, 7) is 1.40. The van der Waals surface area contributed by atoms with Crippen LogP contribution in [0.15, 0.2) is 36.7 Å². The van der Waals surface area contributed by atoms with Crippen LogP contribution in [0.5, 0.6) is 5.75 Å². The minimum absolute atomic E-state index is 0.175. The number of nitrogens with one attached hydrogen (secondary N) is 2. The molecule has 25 heavy (non-hydrogen) atoms. The van der Waals surface area contributed by atoms with Gasteiger partial charge in [0.05, 0.1) is 12.8 Å². The monoisotopic (exact) mass is 361 g/mol. The number of anilines is 2. The normalized spacial score (nSPS) is 16.6. The summed E-state index contributed by atoms with van der Waals surface area (Å²) < 4.78 is 5.23. The highest BCUT2D eigenvalue weighted by Gasteiger charge is 2.26. The molecule has 0 spiro atoms. The van der Waals surface area contributed by atoms with E-state index in [2.05, 4.69) is 25.5 Å². The van der Waals surface area contributed by atoms with Gasteiger partial charge in [0.25, 0.3) is 0 Å². The van der Waals surface area contributed by atoms with Crippen molar-refractivity contribution in [2.24, 2.45) is 0 Å². The molecule has 1 atom stereocenters. The van der Waals surface area contributed by atoms with E-state index in [0.717, 1.165) is 19.4 Å². The molecule has 2 heterocycles. The maximum atomic E-state index is 12.2. The number of halogens is 1.